The Balaban J connectivity index is 0.000000138. The van der Waals surface area contributed by atoms with Crippen molar-refractivity contribution >= 4 is 6.03 Å². The molecule has 0 saturated carbocycles. The molecule has 0 radical (unpaired) electrons. The predicted molar refractivity (Wildman–Crippen MR) is 55.8 cm³/mol. The second-order valence-corrected chi connectivity index (χ2v) is 3.22. The Labute approximate surface area is 92.4 Å². The maximum Gasteiger partial charge on any atom is 0.368 e. The average Bonchev–Trinajstić information content (AvgIpc) is 2.72. The molecule has 0 atom stereocenters. The van der Waals surface area contributed by atoms with Crippen molar-refractivity contribution in [3.63, 3.8) is 0 Å². The molecule has 1 fully saturated rings. The number of benzene rings is 1. The number of hydrogen-bond donors (Lipinski definition) is 0. The van der Waals surface area contributed by atoms with Crippen LogP contribution in [0.5, 0.6) is 0 Å². The van der Waals surface area contributed by atoms with Gasteiger partial charge >= 0.3 is 6.03 Å². The van der Waals surface area contributed by atoms with Gasteiger partial charge in [0.2, 0.25) is 0 Å². The highest BCUT2D eigenvalue weighted by Gasteiger charge is 2.01. The molecule has 16 heavy (non-hydrogen) atoms. The van der Waals surface area contributed by atoms with Gasteiger partial charge in [-0.2, -0.15) is 9.98 Å². The maximum atomic E-state index is 10.6. The third-order valence-corrected chi connectivity index (χ3v) is 2.06. The van der Waals surface area contributed by atoms with Crippen molar-refractivity contribution in [3.05, 3.63) is 35.0 Å². The maximum absolute atomic E-state index is 10.6. The quantitative estimate of drug-likeness (QED) is 0.622. The monoisotopic (exact) mass is 220 g/mol. The van der Waals surface area contributed by atoms with Gasteiger partial charge in [0.05, 0.1) is 37.1 Å². The van der Waals surface area contributed by atoms with Crippen LogP contribution in [0.3, 0.4) is 0 Å². The van der Waals surface area contributed by atoms with Crippen molar-refractivity contribution in [1.82, 2.24) is 0 Å². The van der Waals surface area contributed by atoms with E-state index in [9.17, 15) is 4.79 Å². The molecule has 0 aromatic heterocycles. The number of hydrogen-bond acceptors (Lipinski definition) is 3. The smallest absolute Gasteiger partial charge is 0.368 e. The summed E-state index contributed by atoms with van der Waals surface area (Å²) in [6, 6.07) is 6.79. The van der Waals surface area contributed by atoms with Crippen LogP contribution in [0, 0.1) is 0 Å². The molecule has 1 saturated heterocycles. The molecule has 0 unspecified atom stereocenters. The number of carbonyl (C=O) groups excluding carboxylic acids is 1. The molecule has 84 valence electrons. The Hall–Kier alpha value is -1.59. The third-order valence-electron chi connectivity index (χ3n) is 2.06. The number of rotatable bonds is 0. The van der Waals surface area contributed by atoms with Gasteiger partial charge < -0.3 is 9.47 Å². The Morgan fingerprint density at radius 1 is 0.875 bits per heavy atom. The fourth-order valence-corrected chi connectivity index (χ4v) is 1.32. The zero-order chi connectivity index (χ0) is 11.2. The lowest BCUT2D eigenvalue weighted by Crippen LogP contribution is -2.19. The van der Waals surface area contributed by atoms with Crippen LogP contribution in [0.2, 0.25) is 0 Å². The highest BCUT2D eigenvalue weighted by atomic mass is 16.6. The van der Waals surface area contributed by atoms with E-state index >= 15 is 0 Å². The van der Waals surface area contributed by atoms with Gasteiger partial charge in [-0.05, 0) is 12.1 Å². The molecule has 2 aliphatic heterocycles. The number of amides is 2. The highest BCUT2D eigenvalue weighted by molar-refractivity contribution is 5.77. The summed E-state index contributed by atoms with van der Waals surface area (Å²) in [6.07, 6.45) is 0. The van der Waals surface area contributed by atoms with Crippen LogP contribution in [-0.4, -0.2) is 32.5 Å². The van der Waals surface area contributed by atoms with Crippen LogP contribution < -0.4 is 10.7 Å². The average molecular weight is 220 g/mol. The van der Waals surface area contributed by atoms with Crippen molar-refractivity contribution in [1.29, 1.82) is 0 Å². The number of urea groups is 1. The Kier molecular flexibility index (Phi) is 3.74. The summed E-state index contributed by atoms with van der Waals surface area (Å²) in [4.78, 5) is 17.9. The first-order chi connectivity index (χ1) is 7.86. The molecule has 0 bridgehead atoms. The second-order valence-electron chi connectivity index (χ2n) is 3.22. The number of fused-ring (bicyclic) bond motifs is 1. The van der Waals surface area contributed by atoms with Crippen molar-refractivity contribution in [2.45, 2.75) is 0 Å². The molecule has 1 aromatic rings. The van der Waals surface area contributed by atoms with Gasteiger partial charge in [0, 0.05) is 0 Å². The molecule has 2 amide bonds. The summed E-state index contributed by atoms with van der Waals surface area (Å²) in [5.41, 5.74) is 0. The minimum Gasteiger partial charge on any atom is -0.377 e. The summed E-state index contributed by atoms with van der Waals surface area (Å²) >= 11 is 0. The van der Waals surface area contributed by atoms with Crippen LogP contribution >= 0.6 is 0 Å². The summed E-state index contributed by atoms with van der Waals surface area (Å²) in [7, 11) is 0. The van der Waals surface area contributed by atoms with E-state index in [1.807, 2.05) is 12.1 Å². The molecule has 0 N–H and O–H groups in total. The van der Waals surface area contributed by atoms with E-state index in [2.05, 4.69) is 9.98 Å². The zero-order valence-electron chi connectivity index (χ0n) is 8.76. The molecule has 1 aromatic carbocycles. The Morgan fingerprint density at radius 3 is 1.69 bits per heavy atom. The SMILES string of the molecule is C1COCCO1.O=C1N=c2ccccc2=N1. The van der Waals surface area contributed by atoms with Gasteiger partial charge in [-0.3, -0.25) is 0 Å². The molecule has 2 aliphatic rings. The van der Waals surface area contributed by atoms with Crippen LogP contribution in [0.15, 0.2) is 34.3 Å². The van der Waals surface area contributed by atoms with Gasteiger partial charge in [-0.25, -0.2) is 4.79 Å². The topological polar surface area (TPSA) is 60.2 Å². The van der Waals surface area contributed by atoms with Crippen LogP contribution in [-0.2, 0) is 9.47 Å². The molecule has 5 heteroatoms. The van der Waals surface area contributed by atoms with Crippen LogP contribution in [0.4, 0.5) is 4.79 Å². The lowest BCUT2D eigenvalue weighted by molar-refractivity contribution is -0.0334. The molecule has 3 rings (SSSR count). The number of ether oxygens (including phenoxy) is 2. The summed E-state index contributed by atoms with van der Waals surface area (Å²) in [6.45, 7) is 3.11. The van der Waals surface area contributed by atoms with Crippen molar-refractivity contribution in [2.75, 3.05) is 26.4 Å². The lowest BCUT2D eigenvalue weighted by atomic mass is 10.3. The predicted octanol–water partition coefficient (Wildman–Crippen LogP) is 0.0926. The molecular weight excluding hydrogens is 208 g/mol. The first kappa shape index (κ1) is 10.9. The van der Waals surface area contributed by atoms with Gasteiger partial charge in [0.1, 0.15) is 0 Å². The van der Waals surface area contributed by atoms with Crippen molar-refractivity contribution < 1.29 is 14.3 Å². The fraction of sp³-hybridized carbons (Fsp3) is 0.364. The first-order valence-electron chi connectivity index (χ1n) is 5.08. The molecule has 2 heterocycles. The van der Waals surface area contributed by atoms with E-state index in [4.69, 9.17) is 9.47 Å². The Morgan fingerprint density at radius 2 is 1.31 bits per heavy atom. The second kappa shape index (κ2) is 5.48. The van der Waals surface area contributed by atoms with E-state index in [-0.39, 0.29) is 0 Å². The number of para-hydroxylation sites is 2. The van der Waals surface area contributed by atoms with E-state index in [0.717, 1.165) is 26.4 Å². The normalized spacial score (nSPS) is 17.6. The molecule has 5 nitrogen and oxygen atoms in total. The van der Waals surface area contributed by atoms with E-state index in [1.165, 1.54) is 0 Å². The molecule has 0 aliphatic carbocycles. The summed E-state index contributed by atoms with van der Waals surface area (Å²) < 4.78 is 9.89. The fourth-order valence-electron chi connectivity index (χ4n) is 1.32. The number of carbonyl (C=O) groups is 1. The first-order valence-corrected chi connectivity index (χ1v) is 5.08. The minimum atomic E-state index is -0.402. The van der Waals surface area contributed by atoms with Crippen LogP contribution in [0.1, 0.15) is 0 Å². The lowest BCUT2D eigenvalue weighted by Gasteiger charge is -2.09. The van der Waals surface area contributed by atoms with Gasteiger partial charge in [0.25, 0.3) is 0 Å². The summed E-state index contributed by atoms with van der Waals surface area (Å²) in [5.74, 6) is 0. The van der Waals surface area contributed by atoms with Gasteiger partial charge in [-0.15, -0.1) is 0 Å². The van der Waals surface area contributed by atoms with Gasteiger partial charge in [-0.1, -0.05) is 12.1 Å². The molecule has 0 spiro atoms. The molecular formula is C11H12N2O3. The third kappa shape index (κ3) is 2.95. The summed E-state index contributed by atoms with van der Waals surface area (Å²) in [5, 5.41) is 1.35. The Bertz CT molecular complexity index is 432. The van der Waals surface area contributed by atoms with E-state index in [0.29, 0.717) is 10.7 Å². The zero-order valence-corrected chi connectivity index (χ0v) is 8.76. The van der Waals surface area contributed by atoms with E-state index in [1.54, 1.807) is 12.1 Å². The van der Waals surface area contributed by atoms with E-state index < -0.39 is 6.03 Å². The largest absolute Gasteiger partial charge is 0.377 e. The van der Waals surface area contributed by atoms with Gasteiger partial charge in [0.15, 0.2) is 0 Å². The van der Waals surface area contributed by atoms with Crippen molar-refractivity contribution in [2.24, 2.45) is 9.98 Å². The standard InChI is InChI=1S/C7H4N2O.C4H8O2/c10-7-8-5-3-1-2-4-6(5)9-7;1-2-6-4-3-5-1/h1-4H;1-4H2. The highest BCUT2D eigenvalue weighted by Crippen LogP contribution is 1.85. The van der Waals surface area contributed by atoms with Crippen molar-refractivity contribution in [3.8, 4) is 0 Å². The van der Waals surface area contributed by atoms with Crippen LogP contribution in [0.25, 0.3) is 0 Å². The number of nitrogens with zero attached hydrogens (tertiary/aromatic N) is 2. The minimum absolute atomic E-state index is 0.402.